The molecule has 6 nitrogen and oxygen atoms in total. The van der Waals surface area contributed by atoms with Crippen LogP contribution in [0.3, 0.4) is 0 Å². The predicted octanol–water partition coefficient (Wildman–Crippen LogP) is 2.63. The Hall–Kier alpha value is -2.18. The molecule has 0 aliphatic carbocycles. The molecule has 1 aromatic heterocycles. The third kappa shape index (κ3) is 4.71. The molecular formula is C20H26N2O4. The highest BCUT2D eigenvalue weighted by molar-refractivity contribution is 5.78. The van der Waals surface area contributed by atoms with Gasteiger partial charge >= 0.3 is 0 Å². The van der Waals surface area contributed by atoms with Gasteiger partial charge in [0.2, 0.25) is 5.91 Å². The molecule has 1 fully saturated rings. The van der Waals surface area contributed by atoms with Gasteiger partial charge in [-0.2, -0.15) is 0 Å². The Morgan fingerprint density at radius 1 is 1.27 bits per heavy atom. The molecule has 26 heavy (non-hydrogen) atoms. The van der Waals surface area contributed by atoms with E-state index < -0.39 is 0 Å². The van der Waals surface area contributed by atoms with E-state index in [0.717, 1.165) is 29.0 Å². The molecule has 1 aliphatic rings. The predicted molar refractivity (Wildman–Crippen MR) is 96.8 cm³/mol. The van der Waals surface area contributed by atoms with Crippen LogP contribution in [0.1, 0.15) is 34.6 Å². The second-order valence-corrected chi connectivity index (χ2v) is 6.85. The summed E-state index contributed by atoms with van der Waals surface area (Å²) in [7, 11) is 0. The van der Waals surface area contributed by atoms with Crippen LogP contribution in [0, 0.1) is 20.8 Å². The number of nitrogens with one attached hydrogen (secondary N) is 1. The highest BCUT2D eigenvalue weighted by Crippen LogP contribution is 2.18. The molecule has 0 saturated carbocycles. The minimum atomic E-state index is -0.181. The molecule has 0 radical (unpaired) electrons. The SMILES string of the molecule is Cc1ccc(CC(=O)N[C@@H]2CCOC[C@H]2OCc2c(C)noc2C)cc1. The fourth-order valence-corrected chi connectivity index (χ4v) is 3.09. The van der Waals surface area contributed by atoms with Crippen molar-refractivity contribution in [3.8, 4) is 0 Å². The van der Waals surface area contributed by atoms with Crippen molar-refractivity contribution in [3.63, 3.8) is 0 Å². The van der Waals surface area contributed by atoms with Crippen molar-refractivity contribution in [1.82, 2.24) is 10.5 Å². The Morgan fingerprint density at radius 3 is 2.73 bits per heavy atom. The molecule has 0 unspecified atom stereocenters. The van der Waals surface area contributed by atoms with Crippen LogP contribution in [0.15, 0.2) is 28.8 Å². The van der Waals surface area contributed by atoms with E-state index in [9.17, 15) is 4.79 Å². The van der Waals surface area contributed by atoms with E-state index in [1.165, 1.54) is 5.56 Å². The molecule has 1 N–H and O–H groups in total. The van der Waals surface area contributed by atoms with Gasteiger partial charge < -0.3 is 19.3 Å². The lowest BCUT2D eigenvalue weighted by molar-refractivity contribution is -0.126. The van der Waals surface area contributed by atoms with Gasteiger partial charge in [-0.3, -0.25) is 4.79 Å². The molecule has 1 saturated heterocycles. The number of benzene rings is 1. The number of ether oxygens (including phenoxy) is 2. The van der Waals surface area contributed by atoms with Crippen molar-refractivity contribution in [2.24, 2.45) is 0 Å². The van der Waals surface area contributed by atoms with Crippen molar-refractivity contribution in [3.05, 3.63) is 52.4 Å². The van der Waals surface area contributed by atoms with Crippen LogP contribution in [0.4, 0.5) is 0 Å². The summed E-state index contributed by atoms with van der Waals surface area (Å²) in [5.41, 5.74) is 3.99. The van der Waals surface area contributed by atoms with Crippen LogP contribution in [0.2, 0.25) is 0 Å². The molecule has 1 aromatic carbocycles. The molecule has 0 spiro atoms. The standard InChI is InChI=1S/C20H26N2O4/c1-13-4-6-16(7-5-13)10-20(23)21-18-8-9-24-12-19(18)25-11-17-14(2)22-26-15(17)3/h4-7,18-19H,8-12H2,1-3H3,(H,21,23)/t18-,19-/m1/s1. The summed E-state index contributed by atoms with van der Waals surface area (Å²) in [4.78, 5) is 12.4. The van der Waals surface area contributed by atoms with E-state index in [1.807, 2.05) is 45.0 Å². The maximum Gasteiger partial charge on any atom is 0.224 e. The number of amides is 1. The molecule has 1 amide bonds. The molecule has 2 aromatic rings. The van der Waals surface area contributed by atoms with E-state index in [4.69, 9.17) is 14.0 Å². The summed E-state index contributed by atoms with van der Waals surface area (Å²) in [6, 6.07) is 7.97. The van der Waals surface area contributed by atoms with Gasteiger partial charge in [0.05, 0.1) is 31.4 Å². The van der Waals surface area contributed by atoms with Gasteiger partial charge in [0, 0.05) is 12.2 Å². The zero-order valence-corrected chi connectivity index (χ0v) is 15.6. The Labute approximate surface area is 153 Å². The Bertz CT molecular complexity index is 719. The number of rotatable bonds is 6. The normalized spacial score (nSPS) is 20.1. The summed E-state index contributed by atoms with van der Waals surface area (Å²) in [6.45, 7) is 7.30. The Morgan fingerprint density at radius 2 is 2.04 bits per heavy atom. The highest BCUT2D eigenvalue weighted by atomic mass is 16.5. The molecule has 2 atom stereocenters. The van der Waals surface area contributed by atoms with E-state index in [1.54, 1.807) is 0 Å². The van der Waals surface area contributed by atoms with Crippen molar-refractivity contribution in [2.45, 2.75) is 52.4 Å². The van der Waals surface area contributed by atoms with E-state index in [0.29, 0.717) is 26.2 Å². The average Bonchev–Trinajstić information content (AvgIpc) is 2.94. The lowest BCUT2D eigenvalue weighted by atomic mass is 10.0. The quantitative estimate of drug-likeness (QED) is 0.859. The monoisotopic (exact) mass is 358 g/mol. The first-order valence-corrected chi connectivity index (χ1v) is 8.99. The second-order valence-electron chi connectivity index (χ2n) is 6.85. The fourth-order valence-electron chi connectivity index (χ4n) is 3.09. The first-order valence-electron chi connectivity index (χ1n) is 8.99. The second kappa shape index (κ2) is 8.47. The number of hydrogen-bond donors (Lipinski definition) is 1. The van der Waals surface area contributed by atoms with Gasteiger partial charge in [-0.15, -0.1) is 0 Å². The number of aromatic nitrogens is 1. The number of aryl methyl sites for hydroxylation is 3. The zero-order valence-electron chi connectivity index (χ0n) is 15.6. The van der Waals surface area contributed by atoms with Crippen molar-refractivity contribution in [2.75, 3.05) is 13.2 Å². The van der Waals surface area contributed by atoms with Crippen LogP contribution in [-0.4, -0.2) is 36.4 Å². The van der Waals surface area contributed by atoms with E-state index in [2.05, 4.69) is 10.5 Å². The van der Waals surface area contributed by atoms with Crippen LogP contribution in [0.5, 0.6) is 0 Å². The molecule has 6 heteroatoms. The minimum Gasteiger partial charge on any atom is -0.379 e. The fraction of sp³-hybridized carbons (Fsp3) is 0.500. The number of carbonyl (C=O) groups is 1. The van der Waals surface area contributed by atoms with Crippen molar-refractivity contribution >= 4 is 5.91 Å². The molecule has 2 heterocycles. The molecule has 1 aliphatic heterocycles. The zero-order chi connectivity index (χ0) is 18.5. The van der Waals surface area contributed by atoms with E-state index in [-0.39, 0.29) is 18.1 Å². The minimum absolute atomic E-state index is 0.00620. The third-order valence-corrected chi connectivity index (χ3v) is 4.76. The number of nitrogens with zero attached hydrogens (tertiary/aromatic N) is 1. The summed E-state index contributed by atoms with van der Waals surface area (Å²) in [5.74, 6) is 0.769. The molecule has 0 bridgehead atoms. The van der Waals surface area contributed by atoms with Crippen LogP contribution in [-0.2, 0) is 27.3 Å². The van der Waals surface area contributed by atoms with Crippen LogP contribution >= 0.6 is 0 Å². The smallest absolute Gasteiger partial charge is 0.224 e. The van der Waals surface area contributed by atoms with Gasteiger partial charge in [0.15, 0.2) is 0 Å². The van der Waals surface area contributed by atoms with Crippen LogP contribution < -0.4 is 5.32 Å². The van der Waals surface area contributed by atoms with Gasteiger partial charge in [-0.25, -0.2) is 0 Å². The Kier molecular flexibility index (Phi) is 6.06. The number of carbonyl (C=O) groups excluding carboxylic acids is 1. The topological polar surface area (TPSA) is 73.6 Å². The first kappa shape index (κ1) is 18.6. The average molecular weight is 358 g/mol. The summed E-state index contributed by atoms with van der Waals surface area (Å²) in [5, 5.41) is 7.05. The highest BCUT2D eigenvalue weighted by Gasteiger charge is 2.28. The first-order chi connectivity index (χ1) is 12.5. The number of hydrogen-bond acceptors (Lipinski definition) is 5. The lowest BCUT2D eigenvalue weighted by Crippen LogP contribution is -2.50. The lowest BCUT2D eigenvalue weighted by Gasteiger charge is -2.32. The molecule has 140 valence electrons. The van der Waals surface area contributed by atoms with Crippen molar-refractivity contribution in [1.29, 1.82) is 0 Å². The molecule has 3 rings (SSSR count). The summed E-state index contributed by atoms with van der Waals surface area (Å²) < 4.78 is 16.7. The van der Waals surface area contributed by atoms with Crippen molar-refractivity contribution < 1.29 is 18.8 Å². The van der Waals surface area contributed by atoms with Crippen LogP contribution in [0.25, 0.3) is 0 Å². The maximum atomic E-state index is 12.4. The third-order valence-electron chi connectivity index (χ3n) is 4.76. The van der Waals surface area contributed by atoms with Gasteiger partial charge in [-0.05, 0) is 32.8 Å². The van der Waals surface area contributed by atoms with Gasteiger partial charge in [0.25, 0.3) is 0 Å². The Balaban J connectivity index is 1.56. The summed E-state index contributed by atoms with van der Waals surface area (Å²) >= 11 is 0. The largest absolute Gasteiger partial charge is 0.379 e. The summed E-state index contributed by atoms with van der Waals surface area (Å²) in [6.07, 6.45) is 0.930. The molecular weight excluding hydrogens is 332 g/mol. The van der Waals surface area contributed by atoms with E-state index >= 15 is 0 Å². The van der Waals surface area contributed by atoms with Gasteiger partial charge in [-0.1, -0.05) is 35.0 Å². The van der Waals surface area contributed by atoms with Gasteiger partial charge in [0.1, 0.15) is 11.9 Å². The maximum absolute atomic E-state index is 12.4.